The van der Waals surface area contributed by atoms with Crippen LogP contribution in [0.25, 0.3) is 0 Å². The summed E-state index contributed by atoms with van der Waals surface area (Å²) in [5.41, 5.74) is 2.06. The van der Waals surface area contributed by atoms with E-state index in [4.69, 9.17) is 9.47 Å². The van der Waals surface area contributed by atoms with Crippen molar-refractivity contribution in [3.63, 3.8) is 0 Å². The van der Waals surface area contributed by atoms with Crippen molar-refractivity contribution in [2.24, 2.45) is 5.92 Å². The first-order chi connectivity index (χ1) is 8.15. The van der Waals surface area contributed by atoms with Crippen LogP contribution in [0.4, 0.5) is 10.5 Å². The first-order valence-electron chi connectivity index (χ1n) is 5.68. The SMILES string of the molecule is COC(=O)N1CC(C)Cc2ccc(OC)cc21. The predicted octanol–water partition coefficient (Wildman–Crippen LogP) is 2.46. The topological polar surface area (TPSA) is 38.8 Å². The highest BCUT2D eigenvalue weighted by molar-refractivity contribution is 5.89. The molecule has 1 aromatic rings. The molecular formula is C13H17NO3. The van der Waals surface area contributed by atoms with E-state index in [1.807, 2.05) is 18.2 Å². The van der Waals surface area contributed by atoms with E-state index in [0.29, 0.717) is 12.5 Å². The molecule has 0 fully saturated rings. The molecule has 0 spiro atoms. The Balaban J connectivity index is 2.42. The number of nitrogens with zero attached hydrogens (tertiary/aromatic N) is 1. The molecule has 1 aliphatic rings. The Morgan fingerprint density at radius 2 is 2.18 bits per heavy atom. The molecule has 0 N–H and O–H groups in total. The van der Waals surface area contributed by atoms with Crippen molar-refractivity contribution in [2.75, 3.05) is 25.7 Å². The summed E-state index contributed by atoms with van der Waals surface area (Å²) in [4.78, 5) is 13.4. The molecule has 17 heavy (non-hydrogen) atoms. The lowest BCUT2D eigenvalue weighted by molar-refractivity contribution is 0.177. The Morgan fingerprint density at radius 1 is 1.41 bits per heavy atom. The normalized spacial score (nSPS) is 18.5. The van der Waals surface area contributed by atoms with Gasteiger partial charge in [0.1, 0.15) is 5.75 Å². The number of fused-ring (bicyclic) bond motifs is 1. The number of carbonyl (C=O) groups excluding carboxylic acids is 1. The Kier molecular flexibility index (Phi) is 3.22. The average Bonchev–Trinajstić information content (AvgIpc) is 2.36. The van der Waals surface area contributed by atoms with Gasteiger partial charge in [-0.15, -0.1) is 0 Å². The van der Waals surface area contributed by atoms with Gasteiger partial charge >= 0.3 is 6.09 Å². The molecule has 1 atom stereocenters. The van der Waals surface area contributed by atoms with Crippen molar-refractivity contribution in [1.82, 2.24) is 0 Å². The van der Waals surface area contributed by atoms with Gasteiger partial charge in [0.2, 0.25) is 0 Å². The van der Waals surface area contributed by atoms with Crippen molar-refractivity contribution < 1.29 is 14.3 Å². The molecule has 1 unspecified atom stereocenters. The fourth-order valence-electron chi connectivity index (χ4n) is 2.23. The molecule has 0 saturated heterocycles. The summed E-state index contributed by atoms with van der Waals surface area (Å²) in [5, 5.41) is 0. The maximum Gasteiger partial charge on any atom is 0.414 e. The minimum Gasteiger partial charge on any atom is -0.497 e. The molecule has 1 heterocycles. The van der Waals surface area contributed by atoms with E-state index in [1.165, 1.54) is 7.11 Å². The van der Waals surface area contributed by atoms with Crippen LogP contribution in [0.3, 0.4) is 0 Å². The summed E-state index contributed by atoms with van der Waals surface area (Å²) in [6, 6.07) is 5.82. The minimum absolute atomic E-state index is 0.314. The maximum absolute atomic E-state index is 11.7. The second kappa shape index (κ2) is 4.65. The van der Waals surface area contributed by atoms with Crippen molar-refractivity contribution >= 4 is 11.8 Å². The van der Waals surface area contributed by atoms with E-state index in [-0.39, 0.29) is 6.09 Å². The second-order valence-electron chi connectivity index (χ2n) is 4.38. The molecule has 92 valence electrons. The number of hydrogen-bond donors (Lipinski definition) is 0. The molecule has 1 aromatic carbocycles. The van der Waals surface area contributed by atoms with Gasteiger partial charge in [0, 0.05) is 12.6 Å². The number of rotatable bonds is 1. The molecule has 0 bridgehead atoms. The zero-order chi connectivity index (χ0) is 12.4. The van der Waals surface area contributed by atoms with Crippen molar-refractivity contribution in [3.8, 4) is 5.75 Å². The van der Waals surface area contributed by atoms with Crippen molar-refractivity contribution in [1.29, 1.82) is 0 Å². The molecule has 1 aliphatic heterocycles. The van der Waals surface area contributed by atoms with E-state index < -0.39 is 0 Å². The number of benzene rings is 1. The van der Waals surface area contributed by atoms with Gasteiger partial charge in [-0.25, -0.2) is 4.79 Å². The first-order valence-corrected chi connectivity index (χ1v) is 5.68. The van der Waals surface area contributed by atoms with Crippen LogP contribution in [0.1, 0.15) is 12.5 Å². The molecule has 0 aliphatic carbocycles. The van der Waals surface area contributed by atoms with Gasteiger partial charge in [0.15, 0.2) is 0 Å². The van der Waals surface area contributed by atoms with Gasteiger partial charge in [0.25, 0.3) is 0 Å². The van der Waals surface area contributed by atoms with Gasteiger partial charge in [-0.05, 0) is 24.0 Å². The highest BCUT2D eigenvalue weighted by Crippen LogP contribution is 2.33. The van der Waals surface area contributed by atoms with Crippen LogP contribution in [0, 0.1) is 5.92 Å². The molecular weight excluding hydrogens is 218 g/mol. The van der Waals surface area contributed by atoms with Gasteiger partial charge in [-0.3, -0.25) is 4.90 Å². The molecule has 0 radical (unpaired) electrons. The van der Waals surface area contributed by atoms with E-state index in [9.17, 15) is 4.79 Å². The summed E-state index contributed by atoms with van der Waals surface area (Å²) in [6.07, 6.45) is 0.665. The zero-order valence-electron chi connectivity index (χ0n) is 10.4. The Morgan fingerprint density at radius 3 is 2.82 bits per heavy atom. The highest BCUT2D eigenvalue weighted by atomic mass is 16.5. The average molecular weight is 235 g/mol. The smallest absolute Gasteiger partial charge is 0.414 e. The summed E-state index contributed by atoms with van der Waals surface area (Å²) in [7, 11) is 3.02. The summed E-state index contributed by atoms with van der Waals surface area (Å²) in [6.45, 7) is 2.82. The van der Waals surface area contributed by atoms with Gasteiger partial charge in [-0.1, -0.05) is 13.0 Å². The largest absolute Gasteiger partial charge is 0.497 e. The predicted molar refractivity (Wildman–Crippen MR) is 65.6 cm³/mol. The number of anilines is 1. The van der Waals surface area contributed by atoms with Crippen LogP contribution < -0.4 is 9.64 Å². The molecule has 4 heteroatoms. The van der Waals surface area contributed by atoms with Crippen LogP contribution in [-0.4, -0.2) is 26.9 Å². The van der Waals surface area contributed by atoms with Gasteiger partial charge in [0.05, 0.1) is 19.9 Å². The molecule has 4 nitrogen and oxygen atoms in total. The van der Waals surface area contributed by atoms with Crippen LogP contribution in [0.2, 0.25) is 0 Å². The fraction of sp³-hybridized carbons (Fsp3) is 0.462. The minimum atomic E-state index is -0.314. The quantitative estimate of drug-likeness (QED) is 0.750. The van der Waals surface area contributed by atoms with Crippen LogP contribution >= 0.6 is 0 Å². The number of methoxy groups -OCH3 is 2. The summed E-state index contributed by atoms with van der Waals surface area (Å²) < 4.78 is 10.0. The Hall–Kier alpha value is -1.71. The van der Waals surface area contributed by atoms with Crippen LogP contribution in [-0.2, 0) is 11.2 Å². The number of ether oxygens (including phenoxy) is 2. The van der Waals surface area contributed by atoms with Crippen LogP contribution in [0.5, 0.6) is 5.75 Å². The van der Waals surface area contributed by atoms with E-state index in [0.717, 1.165) is 23.4 Å². The fourth-order valence-corrected chi connectivity index (χ4v) is 2.23. The summed E-state index contributed by atoms with van der Waals surface area (Å²) >= 11 is 0. The highest BCUT2D eigenvalue weighted by Gasteiger charge is 2.27. The maximum atomic E-state index is 11.7. The third kappa shape index (κ3) is 2.20. The van der Waals surface area contributed by atoms with Crippen molar-refractivity contribution in [2.45, 2.75) is 13.3 Å². The van der Waals surface area contributed by atoms with E-state index in [1.54, 1.807) is 12.0 Å². The number of carbonyl (C=O) groups is 1. The molecule has 0 saturated carbocycles. The number of hydrogen-bond acceptors (Lipinski definition) is 3. The van der Waals surface area contributed by atoms with E-state index >= 15 is 0 Å². The molecule has 0 aromatic heterocycles. The number of amides is 1. The van der Waals surface area contributed by atoms with Gasteiger partial charge in [-0.2, -0.15) is 0 Å². The lowest BCUT2D eigenvalue weighted by Crippen LogP contribution is -2.39. The Labute approximate surface area is 101 Å². The van der Waals surface area contributed by atoms with Crippen LogP contribution in [0.15, 0.2) is 18.2 Å². The first kappa shape index (κ1) is 11.8. The monoisotopic (exact) mass is 235 g/mol. The standard InChI is InChI=1S/C13H17NO3/c1-9-6-10-4-5-11(16-2)7-12(10)14(8-9)13(15)17-3/h4-5,7,9H,6,8H2,1-3H3. The lowest BCUT2D eigenvalue weighted by Gasteiger charge is -2.32. The van der Waals surface area contributed by atoms with E-state index in [2.05, 4.69) is 6.92 Å². The zero-order valence-corrected chi connectivity index (χ0v) is 10.4. The summed E-state index contributed by atoms with van der Waals surface area (Å²) in [5.74, 6) is 1.20. The molecule has 2 rings (SSSR count). The van der Waals surface area contributed by atoms with Crippen molar-refractivity contribution in [3.05, 3.63) is 23.8 Å². The Bertz CT molecular complexity index is 431. The molecule has 1 amide bonds. The van der Waals surface area contributed by atoms with Gasteiger partial charge < -0.3 is 9.47 Å². The second-order valence-corrected chi connectivity index (χ2v) is 4.38. The third-order valence-electron chi connectivity index (χ3n) is 3.04. The lowest BCUT2D eigenvalue weighted by atomic mass is 9.94. The third-order valence-corrected chi connectivity index (χ3v) is 3.04.